The molecule has 0 heterocycles. The minimum absolute atomic E-state index is 0.223. The summed E-state index contributed by atoms with van der Waals surface area (Å²) in [6.07, 6.45) is 0.775. The molecule has 0 aliphatic carbocycles. The van der Waals surface area contributed by atoms with Crippen molar-refractivity contribution >= 4 is 0 Å². The van der Waals surface area contributed by atoms with E-state index in [2.05, 4.69) is 85.9 Å². The summed E-state index contributed by atoms with van der Waals surface area (Å²) in [5.41, 5.74) is 9.00. The molecular weight excluding hydrogens is 318 g/mol. The maximum absolute atomic E-state index is 9.02. The van der Waals surface area contributed by atoms with Gasteiger partial charge in [0.1, 0.15) is 0 Å². The average Bonchev–Trinajstić information content (AvgIpc) is 2.66. The van der Waals surface area contributed by atoms with Crippen LogP contribution in [0.3, 0.4) is 0 Å². The molecule has 26 heavy (non-hydrogen) atoms. The van der Waals surface area contributed by atoms with Gasteiger partial charge < -0.3 is 10.4 Å². The normalized spacial score (nSPS) is 10.9. The Labute approximate surface area is 156 Å². The third-order valence-corrected chi connectivity index (χ3v) is 4.83. The summed E-state index contributed by atoms with van der Waals surface area (Å²) >= 11 is 0. The molecule has 0 unspecified atom stereocenters. The van der Waals surface area contributed by atoms with Gasteiger partial charge in [0.05, 0.1) is 0 Å². The zero-order chi connectivity index (χ0) is 18.4. The highest BCUT2D eigenvalue weighted by atomic mass is 16.3. The Balaban J connectivity index is 2.13. The molecule has 0 saturated heterocycles. The molecule has 0 radical (unpaired) electrons. The number of aliphatic hydroxyl groups is 1. The smallest absolute Gasteiger partial charge is 0.0443 e. The first-order valence-corrected chi connectivity index (χ1v) is 9.28. The number of hydrogen-bond donors (Lipinski definition) is 2. The molecule has 2 heteroatoms. The van der Waals surface area contributed by atoms with Gasteiger partial charge in [0.15, 0.2) is 0 Å². The Morgan fingerprint density at radius 2 is 1.35 bits per heavy atom. The fourth-order valence-corrected chi connectivity index (χ4v) is 3.45. The summed E-state index contributed by atoms with van der Waals surface area (Å²) in [6, 6.07) is 23.7. The van der Waals surface area contributed by atoms with Crippen LogP contribution in [0.5, 0.6) is 0 Å². The summed E-state index contributed by atoms with van der Waals surface area (Å²) < 4.78 is 0. The van der Waals surface area contributed by atoms with Gasteiger partial charge in [-0.25, -0.2) is 0 Å². The first-order valence-electron chi connectivity index (χ1n) is 9.28. The molecule has 3 aromatic carbocycles. The number of aliphatic hydroxyl groups excluding tert-OH is 1. The number of benzene rings is 3. The summed E-state index contributed by atoms with van der Waals surface area (Å²) in [4.78, 5) is 0. The van der Waals surface area contributed by atoms with E-state index >= 15 is 0 Å². The highest BCUT2D eigenvalue weighted by Gasteiger charge is 2.14. The average molecular weight is 345 g/mol. The molecule has 3 rings (SSSR count). The van der Waals surface area contributed by atoms with E-state index in [0.29, 0.717) is 0 Å². The van der Waals surface area contributed by atoms with Gasteiger partial charge in [0.2, 0.25) is 0 Å². The topological polar surface area (TPSA) is 32.3 Å². The standard InChI is InChI=1S/C24H27NO/c1-18-9-3-5-12-21(18)23-14-7-11-20(17-25-15-8-16-26)24(23)22-13-6-4-10-19(22)2/h3-7,9-14,25-26H,8,15-17H2,1-2H3. The molecule has 0 aliphatic rings. The highest BCUT2D eigenvalue weighted by molar-refractivity contribution is 5.88. The lowest BCUT2D eigenvalue weighted by molar-refractivity contribution is 0.286. The zero-order valence-electron chi connectivity index (χ0n) is 15.6. The van der Waals surface area contributed by atoms with Gasteiger partial charge in [-0.3, -0.25) is 0 Å². The Kier molecular flexibility index (Phi) is 6.21. The molecule has 0 atom stereocenters. The SMILES string of the molecule is Cc1ccccc1-c1cccc(CNCCCO)c1-c1ccccc1C. The lowest BCUT2D eigenvalue weighted by Crippen LogP contribution is -2.16. The van der Waals surface area contributed by atoms with E-state index in [0.717, 1.165) is 19.5 Å². The van der Waals surface area contributed by atoms with Crippen LogP contribution < -0.4 is 5.32 Å². The Hall–Kier alpha value is -2.42. The van der Waals surface area contributed by atoms with Crippen LogP contribution in [0.1, 0.15) is 23.1 Å². The van der Waals surface area contributed by atoms with Gasteiger partial charge in [-0.15, -0.1) is 0 Å². The lowest BCUT2D eigenvalue weighted by Gasteiger charge is -2.19. The van der Waals surface area contributed by atoms with Crippen LogP contribution in [-0.2, 0) is 6.54 Å². The van der Waals surface area contributed by atoms with Crippen molar-refractivity contribution in [1.82, 2.24) is 5.32 Å². The Morgan fingerprint density at radius 1 is 0.731 bits per heavy atom. The van der Waals surface area contributed by atoms with Crippen molar-refractivity contribution < 1.29 is 5.11 Å². The third-order valence-electron chi connectivity index (χ3n) is 4.83. The molecule has 0 amide bonds. The summed E-state index contributed by atoms with van der Waals surface area (Å²) in [6.45, 7) is 6.18. The predicted molar refractivity (Wildman–Crippen MR) is 110 cm³/mol. The van der Waals surface area contributed by atoms with E-state index in [-0.39, 0.29) is 6.61 Å². The monoisotopic (exact) mass is 345 g/mol. The first kappa shape index (κ1) is 18.4. The second kappa shape index (κ2) is 8.79. The number of aryl methyl sites for hydroxylation is 2. The number of rotatable bonds is 7. The molecular formula is C24H27NO. The number of hydrogen-bond acceptors (Lipinski definition) is 2. The lowest BCUT2D eigenvalue weighted by atomic mass is 9.87. The van der Waals surface area contributed by atoms with E-state index in [9.17, 15) is 0 Å². The second-order valence-corrected chi connectivity index (χ2v) is 6.72. The van der Waals surface area contributed by atoms with Crippen molar-refractivity contribution in [2.45, 2.75) is 26.8 Å². The van der Waals surface area contributed by atoms with Crippen LogP contribution in [0.25, 0.3) is 22.3 Å². The second-order valence-electron chi connectivity index (χ2n) is 6.72. The minimum atomic E-state index is 0.223. The minimum Gasteiger partial charge on any atom is -0.396 e. The van der Waals surface area contributed by atoms with Gasteiger partial charge in [-0.05, 0) is 65.8 Å². The van der Waals surface area contributed by atoms with Crippen LogP contribution in [0.2, 0.25) is 0 Å². The molecule has 0 aliphatic heterocycles. The largest absolute Gasteiger partial charge is 0.396 e. The van der Waals surface area contributed by atoms with E-state index in [1.165, 1.54) is 38.9 Å². The van der Waals surface area contributed by atoms with E-state index in [1.807, 2.05) is 0 Å². The maximum Gasteiger partial charge on any atom is 0.0443 e. The van der Waals surface area contributed by atoms with Crippen LogP contribution in [0.15, 0.2) is 66.7 Å². The first-order chi connectivity index (χ1) is 12.7. The molecule has 2 N–H and O–H groups in total. The van der Waals surface area contributed by atoms with E-state index in [1.54, 1.807) is 0 Å². The summed E-state index contributed by atoms with van der Waals surface area (Å²) in [7, 11) is 0. The highest BCUT2D eigenvalue weighted by Crippen LogP contribution is 2.37. The fourth-order valence-electron chi connectivity index (χ4n) is 3.45. The molecule has 2 nitrogen and oxygen atoms in total. The Morgan fingerprint density at radius 3 is 2.00 bits per heavy atom. The maximum atomic E-state index is 9.02. The van der Waals surface area contributed by atoms with Gasteiger partial charge in [0, 0.05) is 13.2 Å². The molecule has 134 valence electrons. The van der Waals surface area contributed by atoms with Crippen LogP contribution in [-0.4, -0.2) is 18.3 Å². The van der Waals surface area contributed by atoms with Crippen molar-refractivity contribution in [3.05, 3.63) is 83.4 Å². The van der Waals surface area contributed by atoms with Crippen molar-refractivity contribution in [3.63, 3.8) is 0 Å². The van der Waals surface area contributed by atoms with Crippen molar-refractivity contribution in [3.8, 4) is 22.3 Å². The van der Waals surface area contributed by atoms with Crippen molar-refractivity contribution in [2.24, 2.45) is 0 Å². The predicted octanol–water partition coefficient (Wildman–Crippen LogP) is 5.11. The molecule has 0 aromatic heterocycles. The zero-order valence-corrected chi connectivity index (χ0v) is 15.6. The molecule has 0 saturated carbocycles. The molecule has 0 spiro atoms. The van der Waals surface area contributed by atoms with Gasteiger partial charge >= 0.3 is 0 Å². The van der Waals surface area contributed by atoms with Crippen LogP contribution >= 0.6 is 0 Å². The third kappa shape index (κ3) is 4.04. The van der Waals surface area contributed by atoms with Crippen molar-refractivity contribution in [2.75, 3.05) is 13.2 Å². The fraction of sp³-hybridized carbons (Fsp3) is 0.250. The van der Waals surface area contributed by atoms with Crippen molar-refractivity contribution in [1.29, 1.82) is 0 Å². The molecule has 0 fully saturated rings. The van der Waals surface area contributed by atoms with Gasteiger partial charge in [0.25, 0.3) is 0 Å². The van der Waals surface area contributed by atoms with E-state index in [4.69, 9.17) is 5.11 Å². The summed E-state index contributed by atoms with van der Waals surface area (Å²) in [5.74, 6) is 0. The van der Waals surface area contributed by atoms with Gasteiger partial charge in [-0.2, -0.15) is 0 Å². The van der Waals surface area contributed by atoms with Gasteiger partial charge in [-0.1, -0.05) is 66.7 Å². The van der Waals surface area contributed by atoms with Crippen LogP contribution in [0.4, 0.5) is 0 Å². The molecule has 3 aromatic rings. The quantitative estimate of drug-likeness (QED) is 0.583. The van der Waals surface area contributed by atoms with Crippen LogP contribution in [0, 0.1) is 13.8 Å². The Bertz CT molecular complexity index is 870. The molecule has 0 bridgehead atoms. The van der Waals surface area contributed by atoms with E-state index < -0.39 is 0 Å². The summed E-state index contributed by atoms with van der Waals surface area (Å²) in [5, 5.41) is 12.5. The number of nitrogens with one attached hydrogen (secondary N) is 1.